The van der Waals surface area contributed by atoms with Crippen LogP contribution in [0.5, 0.6) is 0 Å². The van der Waals surface area contributed by atoms with Gasteiger partial charge in [-0.3, -0.25) is 4.98 Å². The number of hydrogen-bond acceptors (Lipinski definition) is 5. The van der Waals surface area contributed by atoms with Crippen LogP contribution in [0.2, 0.25) is 0 Å². The molecule has 1 aromatic carbocycles. The number of halogens is 1. The summed E-state index contributed by atoms with van der Waals surface area (Å²) in [6.45, 7) is 8.95. The number of fused-ring (bicyclic) bond motifs is 1. The molecule has 0 amide bonds. The van der Waals surface area contributed by atoms with Gasteiger partial charge in [0.25, 0.3) is 0 Å². The Morgan fingerprint density at radius 3 is 2.03 bits per heavy atom. The topological polar surface area (TPSA) is 184 Å². The second-order valence-corrected chi connectivity index (χ2v) is 9.18. The minimum atomic E-state index is -4.64. The Morgan fingerprint density at radius 2 is 1.52 bits per heavy atom. The van der Waals surface area contributed by atoms with E-state index in [4.69, 9.17) is 38.5 Å². The van der Waals surface area contributed by atoms with E-state index < -0.39 is 15.6 Å². The minimum Gasteiger partial charge on any atom is -0.384 e. The molecule has 0 saturated heterocycles. The van der Waals surface area contributed by atoms with Crippen molar-refractivity contribution in [3.63, 3.8) is 0 Å². The first-order valence-electron chi connectivity index (χ1n) is 9.31. The number of nitrogens with one attached hydrogen (secondary N) is 1. The number of nitrogens with zero attached hydrogens (tertiary/aromatic N) is 2. The van der Waals surface area contributed by atoms with Crippen molar-refractivity contribution in [3.8, 4) is 0 Å². The Balaban J connectivity index is 0.000000752. The molecule has 7 N–H and O–H groups in total. The molecule has 1 aromatic heterocycles. The molecule has 2 rings (SSSR count). The number of rotatable bonds is 8. The predicted molar refractivity (Wildman–Crippen MR) is 123 cm³/mol. The standard InChI is InChI=1S/C17H24BrN3.2H3O4P/c1-3-21(4-2)12-6-5-10-19-16-9-11-20-17-13-14(18)7-8-15(16)17;2*1-5(2,3)4/h7-9,11,13H,3-6,10,12H2,1-2H3,(H,19,20);2*(H3,1,2,3,4). The van der Waals surface area contributed by atoms with E-state index in [1.54, 1.807) is 0 Å². The van der Waals surface area contributed by atoms with Crippen LogP contribution in [0.4, 0.5) is 5.69 Å². The van der Waals surface area contributed by atoms with Gasteiger partial charge in [0.05, 0.1) is 5.52 Å². The fourth-order valence-corrected chi connectivity index (χ4v) is 2.85. The first-order chi connectivity index (χ1) is 14.2. The van der Waals surface area contributed by atoms with E-state index in [9.17, 15) is 0 Å². The van der Waals surface area contributed by atoms with Crippen molar-refractivity contribution < 1.29 is 38.5 Å². The molecule has 0 radical (unpaired) electrons. The van der Waals surface area contributed by atoms with E-state index >= 15 is 0 Å². The molecule has 2 aromatic rings. The number of anilines is 1. The highest BCUT2D eigenvalue weighted by Gasteiger charge is 2.03. The lowest BCUT2D eigenvalue weighted by Gasteiger charge is -2.17. The normalized spacial score (nSPS) is 11.4. The van der Waals surface area contributed by atoms with Gasteiger partial charge < -0.3 is 39.6 Å². The van der Waals surface area contributed by atoms with Crippen molar-refractivity contribution in [1.82, 2.24) is 9.88 Å². The lowest BCUT2D eigenvalue weighted by atomic mass is 10.2. The minimum absolute atomic E-state index is 1.01. The second-order valence-electron chi connectivity index (χ2n) is 6.21. The predicted octanol–water partition coefficient (Wildman–Crippen LogP) is 2.67. The molecule has 0 spiro atoms. The maximum absolute atomic E-state index is 8.88. The number of pyridine rings is 1. The summed E-state index contributed by atoms with van der Waals surface area (Å²) in [5.74, 6) is 0. The van der Waals surface area contributed by atoms with Gasteiger partial charge in [0, 0.05) is 28.3 Å². The quantitative estimate of drug-likeness (QED) is 0.191. The second kappa shape index (κ2) is 15.0. The SMILES string of the molecule is CCN(CC)CCCCNc1ccnc2cc(Br)ccc12.O=P(O)(O)O.O=P(O)(O)O. The fraction of sp³-hybridized carbons (Fsp3) is 0.471. The summed E-state index contributed by atoms with van der Waals surface area (Å²) in [5, 5.41) is 4.73. The Morgan fingerprint density at radius 1 is 0.968 bits per heavy atom. The fourth-order valence-electron chi connectivity index (χ4n) is 2.50. The van der Waals surface area contributed by atoms with Crippen LogP contribution in [0.15, 0.2) is 34.9 Å². The van der Waals surface area contributed by atoms with E-state index in [1.165, 1.54) is 30.5 Å². The molecule has 0 unspecified atom stereocenters. The van der Waals surface area contributed by atoms with Crippen molar-refractivity contribution in [2.75, 3.05) is 31.5 Å². The van der Waals surface area contributed by atoms with Crippen LogP contribution in [0.25, 0.3) is 10.9 Å². The maximum atomic E-state index is 8.88. The van der Waals surface area contributed by atoms with Crippen LogP contribution in [0.3, 0.4) is 0 Å². The van der Waals surface area contributed by atoms with E-state index in [1.807, 2.05) is 6.20 Å². The zero-order chi connectivity index (χ0) is 24.1. The molecule has 0 atom stereocenters. The molecular formula is C17H30BrN3O8P2. The third-order valence-electron chi connectivity index (χ3n) is 3.82. The third kappa shape index (κ3) is 18.4. The van der Waals surface area contributed by atoms with E-state index in [0.717, 1.165) is 29.6 Å². The van der Waals surface area contributed by atoms with Gasteiger partial charge in [-0.15, -0.1) is 0 Å². The Hall–Kier alpha value is -0.910. The van der Waals surface area contributed by atoms with E-state index in [0.29, 0.717) is 0 Å². The van der Waals surface area contributed by atoms with Gasteiger partial charge in [-0.1, -0.05) is 29.8 Å². The van der Waals surface area contributed by atoms with Gasteiger partial charge in [0.2, 0.25) is 0 Å². The van der Waals surface area contributed by atoms with Crippen LogP contribution < -0.4 is 5.32 Å². The molecule has 0 aliphatic rings. The average molecular weight is 546 g/mol. The van der Waals surface area contributed by atoms with Crippen LogP contribution >= 0.6 is 31.6 Å². The number of hydrogen-bond donors (Lipinski definition) is 7. The molecule has 31 heavy (non-hydrogen) atoms. The molecular weight excluding hydrogens is 516 g/mol. The molecule has 0 bridgehead atoms. The largest absolute Gasteiger partial charge is 0.466 e. The smallest absolute Gasteiger partial charge is 0.384 e. The molecule has 0 aliphatic heterocycles. The zero-order valence-corrected chi connectivity index (χ0v) is 20.7. The van der Waals surface area contributed by atoms with Gasteiger partial charge in [0.1, 0.15) is 0 Å². The van der Waals surface area contributed by atoms with Crippen molar-refractivity contribution in [3.05, 3.63) is 34.9 Å². The van der Waals surface area contributed by atoms with Gasteiger partial charge in [-0.05, 0) is 56.7 Å². The number of aromatic nitrogens is 1. The van der Waals surface area contributed by atoms with Crippen molar-refractivity contribution >= 4 is 48.2 Å². The van der Waals surface area contributed by atoms with Gasteiger partial charge in [-0.25, -0.2) is 9.13 Å². The summed E-state index contributed by atoms with van der Waals surface area (Å²) in [4.78, 5) is 50.0. The van der Waals surface area contributed by atoms with Gasteiger partial charge >= 0.3 is 15.6 Å². The summed E-state index contributed by atoms with van der Waals surface area (Å²) in [6, 6.07) is 8.29. The van der Waals surface area contributed by atoms with Gasteiger partial charge in [0.15, 0.2) is 0 Å². The highest BCUT2D eigenvalue weighted by molar-refractivity contribution is 9.10. The van der Waals surface area contributed by atoms with E-state index in [-0.39, 0.29) is 0 Å². The molecule has 0 saturated carbocycles. The monoisotopic (exact) mass is 545 g/mol. The summed E-state index contributed by atoms with van der Waals surface area (Å²) in [6.07, 6.45) is 4.30. The Bertz CT molecular complexity index is 837. The highest BCUT2D eigenvalue weighted by Crippen LogP contribution is 2.26. The van der Waals surface area contributed by atoms with Crippen molar-refractivity contribution in [2.45, 2.75) is 26.7 Å². The molecule has 14 heteroatoms. The zero-order valence-electron chi connectivity index (χ0n) is 17.3. The van der Waals surface area contributed by atoms with Crippen LogP contribution in [0, 0.1) is 0 Å². The number of unbranched alkanes of at least 4 members (excludes halogenated alkanes) is 1. The molecule has 0 fully saturated rings. The molecule has 0 aliphatic carbocycles. The lowest BCUT2D eigenvalue weighted by molar-refractivity contribution is 0.272. The molecule has 178 valence electrons. The Labute approximate surface area is 189 Å². The molecule has 11 nitrogen and oxygen atoms in total. The Kier molecular flexibility index (Phi) is 14.6. The number of benzene rings is 1. The first kappa shape index (κ1) is 30.1. The summed E-state index contributed by atoms with van der Waals surface area (Å²) >= 11 is 3.49. The summed E-state index contributed by atoms with van der Waals surface area (Å²) < 4.78 is 18.8. The van der Waals surface area contributed by atoms with Crippen LogP contribution in [0.1, 0.15) is 26.7 Å². The average Bonchev–Trinajstić information content (AvgIpc) is 2.61. The number of phosphoric acid groups is 2. The van der Waals surface area contributed by atoms with Crippen molar-refractivity contribution in [1.29, 1.82) is 0 Å². The van der Waals surface area contributed by atoms with Crippen LogP contribution in [-0.4, -0.2) is 65.4 Å². The molecule has 1 heterocycles. The summed E-state index contributed by atoms with van der Waals surface area (Å²) in [5.41, 5.74) is 2.20. The third-order valence-corrected chi connectivity index (χ3v) is 4.31. The first-order valence-corrected chi connectivity index (χ1v) is 13.2. The van der Waals surface area contributed by atoms with Crippen molar-refractivity contribution in [2.24, 2.45) is 0 Å². The van der Waals surface area contributed by atoms with Gasteiger partial charge in [-0.2, -0.15) is 0 Å². The lowest BCUT2D eigenvalue weighted by Crippen LogP contribution is -2.24. The highest BCUT2D eigenvalue weighted by atomic mass is 79.9. The maximum Gasteiger partial charge on any atom is 0.466 e. The van der Waals surface area contributed by atoms with Crippen LogP contribution in [-0.2, 0) is 9.13 Å². The summed E-state index contributed by atoms with van der Waals surface area (Å²) in [7, 11) is -9.28. The van der Waals surface area contributed by atoms with E-state index in [2.05, 4.69) is 69.2 Å².